The smallest absolute Gasteiger partial charge is 0.346 e. The predicted molar refractivity (Wildman–Crippen MR) is 96.9 cm³/mol. The summed E-state index contributed by atoms with van der Waals surface area (Å²) in [6, 6.07) is 5.01. The van der Waals surface area contributed by atoms with Crippen LogP contribution < -0.4 is 4.90 Å². The maximum absolute atomic E-state index is 13.1. The van der Waals surface area contributed by atoms with Crippen molar-refractivity contribution >= 4 is 19.0 Å². The Morgan fingerprint density at radius 2 is 1.80 bits per heavy atom. The number of nitro groups is 1. The minimum Gasteiger partial charge on any atom is -0.367 e. The molecular formula is C16H25N4O4P. The van der Waals surface area contributed by atoms with Gasteiger partial charge in [-0.25, -0.2) is 9.34 Å². The molecule has 2 saturated heterocycles. The summed E-state index contributed by atoms with van der Waals surface area (Å²) in [5.41, 5.74) is 1.47. The molecule has 0 bridgehead atoms. The van der Waals surface area contributed by atoms with Gasteiger partial charge in [-0.1, -0.05) is 0 Å². The van der Waals surface area contributed by atoms with Crippen LogP contribution in [0.5, 0.6) is 0 Å². The Morgan fingerprint density at radius 3 is 2.24 bits per heavy atom. The molecule has 2 aliphatic rings. The number of nitrogens with zero attached hydrogens (tertiary/aromatic N) is 4. The van der Waals surface area contributed by atoms with E-state index in [1.807, 2.05) is 35.0 Å². The average molecular weight is 368 g/mol. The highest BCUT2D eigenvalue weighted by Gasteiger charge is 2.50. The first-order chi connectivity index (χ1) is 11.9. The summed E-state index contributed by atoms with van der Waals surface area (Å²) in [5.74, 6) is 0. The van der Waals surface area contributed by atoms with Crippen molar-refractivity contribution in [1.29, 1.82) is 0 Å². The summed E-state index contributed by atoms with van der Waals surface area (Å²) in [6.07, 6.45) is -0.401. The van der Waals surface area contributed by atoms with Crippen LogP contribution >= 0.6 is 7.67 Å². The second-order valence-electron chi connectivity index (χ2n) is 6.32. The van der Waals surface area contributed by atoms with Crippen molar-refractivity contribution in [2.24, 2.45) is 0 Å². The largest absolute Gasteiger partial charge is 0.367 e. The summed E-state index contributed by atoms with van der Waals surface area (Å²) < 4.78 is 22.9. The van der Waals surface area contributed by atoms with Crippen molar-refractivity contribution in [2.45, 2.75) is 26.9 Å². The van der Waals surface area contributed by atoms with Crippen LogP contribution in [0.25, 0.3) is 0 Å². The molecule has 138 valence electrons. The molecule has 0 aromatic heterocycles. The summed E-state index contributed by atoms with van der Waals surface area (Å²) in [7, 11) is -2.93. The van der Waals surface area contributed by atoms with Crippen LogP contribution in [0.15, 0.2) is 18.2 Å². The molecule has 0 spiro atoms. The van der Waals surface area contributed by atoms with E-state index in [4.69, 9.17) is 4.52 Å². The fourth-order valence-electron chi connectivity index (χ4n) is 2.94. The van der Waals surface area contributed by atoms with Crippen molar-refractivity contribution < 1.29 is 14.0 Å². The second kappa shape index (κ2) is 7.03. The lowest BCUT2D eigenvalue weighted by Gasteiger charge is -2.26. The summed E-state index contributed by atoms with van der Waals surface area (Å²) >= 11 is 0. The number of rotatable bonds is 9. The van der Waals surface area contributed by atoms with Crippen LogP contribution in [-0.2, 0) is 9.09 Å². The lowest BCUT2D eigenvalue weighted by molar-refractivity contribution is -0.384. The Morgan fingerprint density at radius 1 is 1.24 bits per heavy atom. The molecule has 9 heteroatoms. The molecule has 25 heavy (non-hydrogen) atoms. The molecule has 2 fully saturated rings. The number of hydrogen-bond donors (Lipinski definition) is 0. The van der Waals surface area contributed by atoms with Crippen molar-refractivity contribution in [1.82, 2.24) is 9.34 Å². The van der Waals surface area contributed by atoms with Crippen LogP contribution in [0, 0.1) is 10.1 Å². The minimum atomic E-state index is -2.93. The van der Waals surface area contributed by atoms with E-state index in [1.165, 1.54) is 6.07 Å². The second-order valence-corrected chi connectivity index (χ2v) is 8.65. The van der Waals surface area contributed by atoms with E-state index in [-0.39, 0.29) is 10.6 Å². The van der Waals surface area contributed by atoms with E-state index in [1.54, 1.807) is 12.1 Å². The molecule has 1 aromatic carbocycles. The van der Waals surface area contributed by atoms with Gasteiger partial charge in [0.25, 0.3) is 5.69 Å². The molecule has 0 radical (unpaired) electrons. The molecule has 0 amide bonds. The fraction of sp³-hybridized carbons (Fsp3) is 0.625. The van der Waals surface area contributed by atoms with E-state index in [0.717, 1.165) is 31.7 Å². The van der Waals surface area contributed by atoms with Gasteiger partial charge in [0.1, 0.15) is 5.69 Å². The third-order valence-corrected chi connectivity index (χ3v) is 7.45. The summed E-state index contributed by atoms with van der Waals surface area (Å²) in [5, 5.41) is 11.4. The topological polar surface area (TPSA) is 78.7 Å². The van der Waals surface area contributed by atoms with Gasteiger partial charge >= 0.3 is 7.67 Å². The molecule has 1 atom stereocenters. The first kappa shape index (κ1) is 18.3. The van der Waals surface area contributed by atoms with E-state index in [0.29, 0.717) is 18.8 Å². The van der Waals surface area contributed by atoms with Crippen molar-refractivity contribution in [3.8, 4) is 0 Å². The highest BCUT2D eigenvalue weighted by molar-refractivity contribution is 7.54. The van der Waals surface area contributed by atoms with Gasteiger partial charge in [0, 0.05) is 45.3 Å². The van der Waals surface area contributed by atoms with Gasteiger partial charge < -0.3 is 4.90 Å². The minimum absolute atomic E-state index is 0.0831. The van der Waals surface area contributed by atoms with Crippen molar-refractivity contribution in [3.05, 3.63) is 33.9 Å². The van der Waals surface area contributed by atoms with E-state index in [9.17, 15) is 14.7 Å². The number of hydrogen-bond acceptors (Lipinski definition) is 5. The maximum atomic E-state index is 13.1. The van der Waals surface area contributed by atoms with Crippen LogP contribution in [-0.4, -0.2) is 53.5 Å². The molecule has 8 nitrogen and oxygen atoms in total. The first-order valence-electron chi connectivity index (χ1n) is 8.73. The van der Waals surface area contributed by atoms with Gasteiger partial charge in [-0.05, 0) is 38.5 Å². The van der Waals surface area contributed by atoms with Gasteiger partial charge in [0.05, 0.1) is 11.0 Å². The zero-order chi connectivity index (χ0) is 18.2. The highest BCUT2D eigenvalue weighted by Crippen LogP contribution is 2.63. The number of anilines is 1. The zero-order valence-corrected chi connectivity index (χ0v) is 15.8. The predicted octanol–water partition coefficient (Wildman–Crippen LogP) is 3.26. The SMILES string of the molecule is CCN(CC)c1cc(C(C)OP(=O)(N2CC2)N2CC2)ccc1[N+](=O)[O-]. The Kier molecular flexibility index (Phi) is 5.16. The fourth-order valence-corrected chi connectivity index (χ4v) is 5.29. The third-order valence-electron chi connectivity index (χ3n) is 4.63. The Hall–Kier alpha value is -1.47. The van der Waals surface area contributed by atoms with Gasteiger partial charge in [-0.2, -0.15) is 0 Å². The van der Waals surface area contributed by atoms with E-state index >= 15 is 0 Å². The Bertz CT molecular complexity index is 685. The summed E-state index contributed by atoms with van der Waals surface area (Å²) in [4.78, 5) is 12.9. The average Bonchev–Trinajstić information content (AvgIpc) is 3.48. The molecule has 1 aromatic rings. The molecule has 0 aliphatic carbocycles. The molecule has 2 heterocycles. The highest BCUT2D eigenvalue weighted by atomic mass is 31.2. The maximum Gasteiger partial charge on any atom is 0.346 e. The van der Waals surface area contributed by atoms with Gasteiger partial charge in [0.15, 0.2) is 0 Å². The monoisotopic (exact) mass is 368 g/mol. The normalized spacial score (nSPS) is 18.8. The van der Waals surface area contributed by atoms with Crippen LogP contribution in [0.2, 0.25) is 0 Å². The van der Waals surface area contributed by atoms with Crippen LogP contribution in [0.4, 0.5) is 11.4 Å². The molecule has 0 saturated carbocycles. The van der Waals surface area contributed by atoms with Crippen molar-refractivity contribution in [2.75, 3.05) is 44.2 Å². The first-order valence-corrected chi connectivity index (χ1v) is 10.3. The van der Waals surface area contributed by atoms with Crippen molar-refractivity contribution in [3.63, 3.8) is 0 Å². The lowest BCUT2D eigenvalue weighted by Crippen LogP contribution is -2.23. The Labute approximate surface area is 148 Å². The summed E-state index contributed by atoms with van der Waals surface area (Å²) in [6.45, 7) is 10.3. The van der Waals surface area contributed by atoms with Gasteiger partial charge in [0.2, 0.25) is 0 Å². The van der Waals surface area contributed by atoms with Crippen LogP contribution in [0.3, 0.4) is 0 Å². The van der Waals surface area contributed by atoms with Crippen LogP contribution in [0.1, 0.15) is 32.4 Å². The molecule has 0 N–H and O–H groups in total. The molecule has 3 rings (SSSR count). The standard InChI is InChI=1S/C16H25N4O4P/c1-4-17(5-2)16-12-14(6-7-15(16)20(21)22)13(3)24-25(23,18-8-9-18)19-10-11-19/h6-7,12-13H,4-5,8-11H2,1-3H3. The quantitative estimate of drug-likeness (QED) is 0.286. The third kappa shape index (κ3) is 3.72. The number of benzene rings is 1. The van der Waals surface area contributed by atoms with Gasteiger partial charge in [-0.15, -0.1) is 0 Å². The van der Waals surface area contributed by atoms with Gasteiger partial charge in [-0.3, -0.25) is 19.2 Å². The zero-order valence-electron chi connectivity index (χ0n) is 14.9. The molecule has 1 unspecified atom stereocenters. The van der Waals surface area contributed by atoms with E-state index in [2.05, 4.69) is 0 Å². The lowest BCUT2D eigenvalue weighted by atomic mass is 10.1. The molecular weight excluding hydrogens is 343 g/mol. The molecule has 2 aliphatic heterocycles. The Balaban J connectivity index is 1.87. The van der Waals surface area contributed by atoms with E-state index < -0.39 is 13.8 Å². The number of nitro benzene ring substituents is 1.